The Kier molecular flexibility index (Phi) is 6.56. The van der Waals surface area contributed by atoms with E-state index in [0.29, 0.717) is 30.7 Å². The number of fused-ring (bicyclic) bond motifs is 1. The maximum absolute atomic E-state index is 15.5. The Balaban J connectivity index is 1.57. The number of ether oxygens (including phenoxy) is 1. The molecular weight excluding hydrogens is 490 g/mol. The van der Waals surface area contributed by atoms with Crippen LogP contribution in [-0.4, -0.2) is 66.1 Å². The molecule has 2 aliphatic heterocycles. The van der Waals surface area contributed by atoms with Crippen LogP contribution >= 0.6 is 0 Å². The van der Waals surface area contributed by atoms with Gasteiger partial charge in [0, 0.05) is 44.4 Å². The summed E-state index contributed by atoms with van der Waals surface area (Å²) in [6.07, 6.45) is 2.49. The van der Waals surface area contributed by atoms with E-state index in [1.165, 1.54) is 21.3 Å². The first-order valence-electron chi connectivity index (χ1n) is 12.0. The van der Waals surface area contributed by atoms with Crippen LogP contribution in [0.25, 0.3) is 16.9 Å². The number of amides is 1. The molecule has 0 radical (unpaired) electrons. The number of aryl methyl sites for hydroxylation is 1. The maximum atomic E-state index is 15.5. The highest BCUT2D eigenvalue weighted by molar-refractivity contribution is 7.89. The molecule has 11 heteroatoms. The zero-order valence-corrected chi connectivity index (χ0v) is 21.0. The molecular formula is C25H28F2N4O4S. The zero-order valence-electron chi connectivity index (χ0n) is 20.2. The lowest BCUT2D eigenvalue weighted by Crippen LogP contribution is -2.46. The molecule has 3 aromatic rings. The van der Waals surface area contributed by atoms with Crippen LogP contribution in [-0.2, 0) is 26.0 Å². The summed E-state index contributed by atoms with van der Waals surface area (Å²) in [6.45, 7) is 4.56. The lowest BCUT2D eigenvalue weighted by Gasteiger charge is -2.32. The van der Waals surface area contributed by atoms with E-state index in [9.17, 15) is 13.2 Å². The molecule has 5 rings (SSSR count). The van der Waals surface area contributed by atoms with Crippen molar-refractivity contribution in [1.29, 1.82) is 0 Å². The van der Waals surface area contributed by atoms with Gasteiger partial charge in [-0.2, -0.15) is 4.31 Å². The standard InChI is InChI=1S/C25H28F2N4O4S/c1-3-36(33,34)29-9-10-35-18(15-29)14-21-25(28-22-11-16(2)6-8-31(21)22)24-19(26)12-17(13-20(24)27)30-7-4-5-23(30)32/h6,8,11-13,18H,3-5,7,9-10,14-15H2,1-2H3/t18-/m0/s1. The lowest BCUT2D eigenvalue weighted by atomic mass is 10.0. The predicted molar refractivity (Wildman–Crippen MR) is 131 cm³/mol. The fraction of sp³-hybridized carbons (Fsp3) is 0.440. The summed E-state index contributed by atoms with van der Waals surface area (Å²) in [5.74, 6) is -1.80. The largest absolute Gasteiger partial charge is 0.375 e. The van der Waals surface area contributed by atoms with E-state index in [1.54, 1.807) is 17.5 Å². The van der Waals surface area contributed by atoms with Gasteiger partial charge in [0.1, 0.15) is 17.3 Å². The summed E-state index contributed by atoms with van der Waals surface area (Å²) in [5, 5.41) is 0. The number of carbonyl (C=O) groups excluding carboxylic acids is 1. The van der Waals surface area contributed by atoms with Crippen LogP contribution in [0.15, 0.2) is 30.5 Å². The number of nitrogens with zero attached hydrogens (tertiary/aromatic N) is 4. The number of carbonyl (C=O) groups is 1. The van der Waals surface area contributed by atoms with Crippen molar-refractivity contribution in [3.63, 3.8) is 0 Å². The minimum absolute atomic E-state index is 0.0118. The zero-order chi connectivity index (χ0) is 25.6. The number of morpholine rings is 1. The quantitative estimate of drug-likeness (QED) is 0.500. The number of sulfonamides is 1. The molecule has 0 unspecified atom stereocenters. The molecule has 2 aromatic heterocycles. The number of imidazole rings is 1. The Hall–Kier alpha value is -2.89. The van der Waals surface area contributed by atoms with Crippen molar-refractivity contribution in [1.82, 2.24) is 13.7 Å². The molecule has 0 saturated carbocycles. The second-order valence-electron chi connectivity index (χ2n) is 9.23. The van der Waals surface area contributed by atoms with Crippen LogP contribution in [0.4, 0.5) is 14.5 Å². The molecule has 0 aliphatic carbocycles. The van der Waals surface area contributed by atoms with E-state index in [4.69, 9.17) is 4.74 Å². The van der Waals surface area contributed by atoms with Crippen molar-refractivity contribution < 1.29 is 26.7 Å². The average Bonchev–Trinajstić information content (AvgIpc) is 3.42. The molecule has 2 saturated heterocycles. The van der Waals surface area contributed by atoms with Gasteiger partial charge in [0.25, 0.3) is 0 Å². The Morgan fingerprint density at radius 3 is 2.58 bits per heavy atom. The summed E-state index contributed by atoms with van der Waals surface area (Å²) < 4.78 is 64.8. The first kappa shape index (κ1) is 24.8. The predicted octanol–water partition coefficient (Wildman–Crippen LogP) is 3.31. The van der Waals surface area contributed by atoms with Gasteiger partial charge in [-0.05, 0) is 50.1 Å². The topological polar surface area (TPSA) is 84.2 Å². The molecule has 1 atom stereocenters. The molecule has 8 nitrogen and oxygen atoms in total. The molecule has 192 valence electrons. The SMILES string of the molecule is CCS(=O)(=O)N1CCO[C@@H](Cc2c(-c3c(F)cc(N4CCCC4=O)cc3F)nc3cc(C)ccn23)C1. The Morgan fingerprint density at radius 1 is 1.17 bits per heavy atom. The third-order valence-electron chi connectivity index (χ3n) is 6.81. The Bertz CT molecular complexity index is 1420. The highest BCUT2D eigenvalue weighted by Crippen LogP contribution is 2.35. The highest BCUT2D eigenvalue weighted by Gasteiger charge is 2.31. The van der Waals surface area contributed by atoms with Crippen molar-refractivity contribution in [2.45, 2.75) is 39.2 Å². The number of hydrogen-bond acceptors (Lipinski definition) is 5. The van der Waals surface area contributed by atoms with Gasteiger partial charge < -0.3 is 14.0 Å². The van der Waals surface area contributed by atoms with Crippen LogP contribution in [0.1, 0.15) is 31.0 Å². The summed E-state index contributed by atoms with van der Waals surface area (Å²) in [7, 11) is -3.40. The summed E-state index contributed by atoms with van der Waals surface area (Å²) in [4.78, 5) is 18.1. The van der Waals surface area contributed by atoms with E-state index in [0.717, 1.165) is 5.56 Å². The molecule has 2 fully saturated rings. The molecule has 0 N–H and O–H groups in total. The van der Waals surface area contributed by atoms with E-state index >= 15 is 8.78 Å². The van der Waals surface area contributed by atoms with Crippen LogP contribution in [0, 0.1) is 18.6 Å². The van der Waals surface area contributed by atoms with Crippen molar-refractivity contribution in [3.8, 4) is 11.3 Å². The number of hydrogen-bond donors (Lipinski definition) is 0. The number of anilines is 1. The lowest BCUT2D eigenvalue weighted by molar-refractivity contribution is -0.117. The van der Waals surface area contributed by atoms with Crippen molar-refractivity contribution in [2.24, 2.45) is 0 Å². The van der Waals surface area contributed by atoms with Gasteiger partial charge in [-0.15, -0.1) is 0 Å². The second kappa shape index (κ2) is 9.53. The number of benzene rings is 1. The number of pyridine rings is 1. The smallest absolute Gasteiger partial charge is 0.227 e. The molecule has 2 aliphatic rings. The molecule has 0 spiro atoms. The van der Waals surface area contributed by atoms with Crippen molar-refractivity contribution in [3.05, 3.63) is 53.4 Å². The third kappa shape index (κ3) is 4.51. The van der Waals surface area contributed by atoms with Gasteiger partial charge in [-0.3, -0.25) is 4.79 Å². The molecule has 1 amide bonds. The summed E-state index contributed by atoms with van der Waals surface area (Å²) >= 11 is 0. The fourth-order valence-electron chi connectivity index (χ4n) is 4.92. The van der Waals surface area contributed by atoms with Crippen LogP contribution in [0.5, 0.6) is 0 Å². The van der Waals surface area contributed by atoms with Crippen LogP contribution < -0.4 is 4.90 Å². The maximum Gasteiger partial charge on any atom is 0.227 e. The Labute approximate surface area is 208 Å². The van der Waals surface area contributed by atoms with E-state index in [2.05, 4.69) is 4.98 Å². The van der Waals surface area contributed by atoms with Crippen molar-refractivity contribution >= 4 is 27.3 Å². The van der Waals surface area contributed by atoms with Gasteiger partial charge in [-0.25, -0.2) is 22.2 Å². The van der Waals surface area contributed by atoms with Gasteiger partial charge in [0.05, 0.1) is 35.4 Å². The van der Waals surface area contributed by atoms with Gasteiger partial charge in [0.15, 0.2) is 0 Å². The average molecular weight is 519 g/mol. The Morgan fingerprint density at radius 2 is 1.92 bits per heavy atom. The van der Waals surface area contributed by atoms with Crippen LogP contribution in [0.3, 0.4) is 0 Å². The molecule has 4 heterocycles. The van der Waals surface area contributed by atoms with Gasteiger partial charge in [0.2, 0.25) is 15.9 Å². The molecule has 1 aromatic carbocycles. The van der Waals surface area contributed by atoms with E-state index in [-0.39, 0.29) is 54.7 Å². The van der Waals surface area contributed by atoms with E-state index in [1.807, 2.05) is 19.1 Å². The second-order valence-corrected chi connectivity index (χ2v) is 11.5. The third-order valence-corrected chi connectivity index (χ3v) is 8.66. The first-order chi connectivity index (χ1) is 17.2. The molecule has 0 bridgehead atoms. The fourth-order valence-corrected chi connectivity index (χ4v) is 6.03. The van der Waals surface area contributed by atoms with Gasteiger partial charge in [-0.1, -0.05) is 0 Å². The first-order valence-corrected chi connectivity index (χ1v) is 13.7. The highest BCUT2D eigenvalue weighted by atomic mass is 32.2. The monoisotopic (exact) mass is 518 g/mol. The van der Waals surface area contributed by atoms with Crippen molar-refractivity contribution in [2.75, 3.05) is 36.9 Å². The minimum atomic E-state index is -3.40. The van der Waals surface area contributed by atoms with Gasteiger partial charge >= 0.3 is 0 Å². The normalized spacial score (nSPS) is 19.5. The molecule has 36 heavy (non-hydrogen) atoms. The number of halogens is 2. The minimum Gasteiger partial charge on any atom is -0.375 e. The number of rotatable bonds is 6. The van der Waals surface area contributed by atoms with Crippen LogP contribution in [0.2, 0.25) is 0 Å². The number of aromatic nitrogens is 2. The van der Waals surface area contributed by atoms with E-state index < -0.39 is 27.8 Å². The summed E-state index contributed by atoms with van der Waals surface area (Å²) in [5.41, 5.74) is 2.02. The summed E-state index contributed by atoms with van der Waals surface area (Å²) in [6, 6.07) is 6.03.